The highest BCUT2D eigenvalue weighted by atomic mass is 35.5. The van der Waals surface area contributed by atoms with E-state index in [1.54, 1.807) is 30.3 Å². The molecule has 2 rings (SSSR count). The molecule has 0 aromatic heterocycles. The van der Waals surface area contributed by atoms with Crippen LogP contribution in [0.2, 0.25) is 5.02 Å². The molecule has 0 unspecified atom stereocenters. The fourth-order valence-electron chi connectivity index (χ4n) is 1.59. The Bertz CT molecular complexity index is 626. The summed E-state index contributed by atoms with van der Waals surface area (Å²) in [6.07, 6.45) is 1.65. The van der Waals surface area contributed by atoms with Crippen LogP contribution in [-0.2, 0) is 11.2 Å². The second-order valence-corrected chi connectivity index (χ2v) is 4.59. The minimum atomic E-state index is -0.326. The first kappa shape index (κ1) is 14.2. The largest absolute Gasteiger partial charge is 0.273 e. The Hall–Kier alpha value is -2.20. The number of carbonyl (C=O) groups excluding carboxylic acids is 1. The van der Waals surface area contributed by atoms with Crippen molar-refractivity contribution in [2.45, 2.75) is 6.42 Å². The Morgan fingerprint density at radius 3 is 2.70 bits per heavy atom. The molecule has 0 saturated carbocycles. The van der Waals surface area contributed by atoms with Gasteiger partial charge in [-0.15, -0.1) is 0 Å². The lowest BCUT2D eigenvalue weighted by molar-refractivity contribution is -0.120. The summed E-state index contributed by atoms with van der Waals surface area (Å²) in [6, 6.07) is 12.9. The highest BCUT2D eigenvalue weighted by Crippen LogP contribution is 2.08. The average Bonchev–Trinajstić information content (AvgIpc) is 2.41. The fraction of sp³-hybridized carbons (Fsp3) is 0.0667. The van der Waals surface area contributed by atoms with Crippen molar-refractivity contribution in [3.8, 4) is 0 Å². The van der Waals surface area contributed by atoms with Gasteiger partial charge < -0.3 is 0 Å². The first-order valence-electron chi connectivity index (χ1n) is 5.95. The van der Waals surface area contributed by atoms with E-state index in [0.717, 1.165) is 11.1 Å². The summed E-state index contributed by atoms with van der Waals surface area (Å²) < 4.78 is 12.7. The molecule has 2 aromatic carbocycles. The molecule has 102 valence electrons. The number of hydrogen-bond acceptors (Lipinski definition) is 2. The molecule has 5 heteroatoms. The van der Waals surface area contributed by atoms with Crippen molar-refractivity contribution in [2.24, 2.45) is 5.10 Å². The van der Waals surface area contributed by atoms with Crippen molar-refractivity contribution in [2.75, 3.05) is 0 Å². The van der Waals surface area contributed by atoms with Gasteiger partial charge in [0.2, 0.25) is 5.91 Å². The Morgan fingerprint density at radius 1 is 1.25 bits per heavy atom. The molecule has 0 heterocycles. The maximum Gasteiger partial charge on any atom is 0.244 e. The van der Waals surface area contributed by atoms with E-state index < -0.39 is 0 Å². The van der Waals surface area contributed by atoms with Crippen LogP contribution in [0, 0.1) is 5.82 Å². The van der Waals surface area contributed by atoms with E-state index in [0.29, 0.717) is 5.02 Å². The van der Waals surface area contributed by atoms with Crippen LogP contribution in [0.3, 0.4) is 0 Å². The first-order valence-corrected chi connectivity index (χ1v) is 6.33. The zero-order valence-electron chi connectivity index (χ0n) is 10.5. The summed E-state index contributed by atoms with van der Waals surface area (Å²) >= 11 is 5.83. The van der Waals surface area contributed by atoms with E-state index in [9.17, 15) is 9.18 Å². The predicted molar refractivity (Wildman–Crippen MR) is 77.3 cm³/mol. The Labute approximate surface area is 121 Å². The number of nitrogens with one attached hydrogen (secondary N) is 1. The van der Waals surface area contributed by atoms with E-state index in [1.165, 1.54) is 18.3 Å². The number of nitrogens with zero attached hydrogens (tertiary/aromatic N) is 1. The molecule has 0 aliphatic rings. The van der Waals surface area contributed by atoms with Crippen LogP contribution in [0.15, 0.2) is 53.6 Å². The van der Waals surface area contributed by atoms with Crippen LogP contribution in [0.4, 0.5) is 4.39 Å². The van der Waals surface area contributed by atoms with Crippen LogP contribution < -0.4 is 5.43 Å². The average molecular weight is 291 g/mol. The molecule has 2 aromatic rings. The molecule has 20 heavy (non-hydrogen) atoms. The van der Waals surface area contributed by atoms with Crippen LogP contribution in [0.25, 0.3) is 0 Å². The van der Waals surface area contributed by atoms with Crippen LogP contribution in [0.1, 0.15) is 11.1 Å². The monoisotopic (exact) mass is 290 g/mol. The third-order valence-electron chi connectivity index (χ3n) is 2.53. The Morgan fingerprint density at radius 2 is 2.00 bits per heavy atom. The van der Waals surface area contributed by atoms with Gasteiger partial charge in [0.05, 0.1) is 12.6 Å². The van der Waals surface area contributed by atoms with Gasteiger partial charge in [0, 0.05) is 5.02 Å². The van der Waals surface area contributed by atoms with Crippen molar-refractivity contribution in [3.63, 3.8) is 0 Å². The molecule has 0 aliphatic carbocycles. The summed E-state index contributed by atoms with van der Waals surface area (Å²) in [4.78, 5) is 11.6. The van der Waals surface area contributed by atoms with E-state index in [2.05, 4.69) is 10.5 Å². The van der Waals surface area contributed by atoms with Gasteiger partial charge in [-0.05, 0) is 35.4 Å². The summed E-state index contributed by atoms with van der Waals surface area (Å²) in [6.45, 7) is 0. The smallest absolute Gasteiger partial charge is 0.244 e. The van der Waals surface area contributed by atoms with E-state index >= 15 is 0 Å². The van der Waals surface area contributed by atoms with Gasteiger partial charge >= 0.3 is 0 Å². The molecule has 1 amide bonds. The zero-order chi connectivity index (χ0) is 14.4. The highest BCUT2D eigenvalue weighted by Gasteiger charge is 2.02. The molecular formula is C15H12ClFN2O. The third kappa shape index (κ3) is 4.48. The van der Waals surface area contributed by atoms with Gasteiger partial charge in [0.25, 0.3) is 0 Å². The SMILES string of the molecule is O=C(Cc1ccc(F)cc1)N/N=C/c1cccc(Cl)c1. The van der Waals surface area contributed by atoms with Gasteiger partial charge in [-0.2, -0.15) is 5.10 Å². The topological polar surface area (TPSA) is 41.5 Å². The third-order valence-corrected chi connectivity index (χ3v) is 2.76. The predicted octanol–water partition coefficient (Wildman–Crippen LogP) is 3.17. The second kappa shape index (κ2) is 6.82. The van der Waals surface area contributed by atoms with Gasteiger partial charge in [-0.25, -0.2) is 9.82 Å². The minimum Gasteiger partial charge on any atom is -0.273 e. The molecule has 0 fully saturated rings. The number of halogens is 2. The normalized spacial score (nSPS) is 10.7. The van der Waals surface area contributed by atoms with Crippen molar-refractivity contribution >= 4 is 23.7 Å². The molecule has 0 saturated heterocycles. The molecule has 0 radical (unpaired) electrons. The number of hydrazone groups is 1. The Balaban J connectivity index is 1.87. The van der Waals surface area contributed by atoms with E-state index in [-0.39, 0.29) is 18.1 Å². The quantitative estimate of drug-likeness (QED) is 0.682. The number of rotatable bonds is 4. The van der Waals surface area contributed by atoms with E-state index in [4.69, 9.17) is 11.6 Å². The number of amides is 1. The lowest BCUT2D eigenvalue weighted by Crippen LogP contribution is -2.19. The van der Waals surface area contributed by atoms with E-state index in [1.807, 2.05) is 6.07 Å². The summed E-state index contributed by atoms with van der Waals surface area (Å²) in [5.74, 6) is -0.594. The number of benzene rings is 2. The van der Waals surface area contributed by atoms with Crippen LogP contribution in [0.5, 0.6) is 0 Å². The van der Waals surface area contributed by atoms with Crippen LogP contribution in [-0.4, -0.2) is 12.1 Å². The Kier molecular flexibility index (Phi) is 4.85. The summed E-state index contributed by atoms with van der Waals surface area (Å²) in [5, 5.41) is 4.44. The van der Waals surface area contributed by atoms with Gasteiger partial charge in [0.15, 0.2) is 0 Å². The van der Waals surface area contributed by atoms with Gasteiger partial charge in [-0.1, -0.05) is 35.9 Å². The summed E-state index contributed by atoms with van der Waals surface area (Å²) in [7, 11) is 0. The highest BCUT2D eigenvalue weighted by molar-refractivity contribution is 6.30. The zero-order valence-corrected chi connectivity index (χ0v) is 11.3. The molecule has 0 atom stereocenters. The molecule has 1 N–H and O–H groups in total. The number of hydrogen-bond donors (Lipinski definition) is 1. The lowest BCUT2D eigenvalue weighted by atomic mass is 10.1. The second-order valence-electron chi connectivity index (χ2n) is 4.15. The number of carbonyl (C=O) groups is 1. The first-order chi connectivity index (χ1) is 9.63. The van der Waals surface area contributed by atoms with Crippen molar-refractivity contribution in [1.82, 2.24) is 5.43 Å². The maximum atomic E-state index is 12.7. The van der Waals surface area contributed by atoms with Crippen molar-refractivity contribution in [3.05, 3.63) is 70.5 Å². The van der Waals surface area contributed by atoms with Gasteiger partial charge in [-0.3, -0.25) is 4.79 Å². The molecule has 0 aliphatic heterocycles. The van der Waals surface area contributed by atoms with Crippen molar-refractivity contribution in [1.29, 1.82) is 0 Å². The molecule has 0 spiro atoms. The standard InChI is InChI=1S/C15H12ClFN2O/c16-13-3-1-2-12(8-13)10-18-19-15(20)9-11-4-6-14(17)7-5-11/h1-8,10H,9H2,(H,19,20)/b18-10+. The minimum absolute atomic E-state index is 0.146. The summed E-state index contributed by atoms with van der Waals surface area (Å²) in [5.41, 5.74) is 3.92. The van der Waals surface area contributed by atoms with Gasteiger partial charge in [0.1, 0.15) is 5.82 Å². The molecule has 3 nitrogen and oxygen atoms in total. The van der Waals surface area contributed by atoms with Crippen molar-refractivity contribution < 1.29 is 9.18 Å². The molecular weight excluding hydrogens is 279 g/mol. The maximum absolute atomic E-state index is 12.7. The lowest BCUT2D eigenvalue weighted by Gasteiger charge is -2.00. The van der Waals surface area contributed by atoms with Crippen LogP contribution >= 0.6 is 11.6 Å². The fourth-order valence-corrected chi connectivity index (χ4v) is 1.79. The molecule has 0 bridgehead atoms.